The largest absolute Gasteiger partial charge is 0.469 e. The fourth-order valence-electron chi connectivity index (χ4n) is 7.08. The molecule has 1 N–H and O–H groups in total. The van der Waals surface area contributed by atoms with Crippen molar-refractivity contribution < 1.29 is 23.9 Å². The molecule has 5 rings (SSSR count). The van der Waals surface area contributed by atoms with Gasteiger partial charge in [0.05, 0.1) is 7.11 Å². The Labute approximate surface area is 272 Å². The molecule has 0 bridgehead atoms. The minimum atomic E-state index is -1.03. The lowest BCUT2D eigenvalue weighted by Gasteiger charge is -2.36. The molecule has 3 amide bonds. The monoisotopic (exact) mass is 623 g/mol. The molecule has 2 aliphatic rings. The lowest BCUT2D eigenvalue weighted by molar-refractivity contribution is -0.141. The Balaban J connectivity index is 1.37. The molecule has 242 valence electrons. The van der Waals surface area contributed by atoms with E-state index in [-0.39, 0.29) is 41.4 Å². The first kappa shape index (κ1) is 32.9. The second kappa shape index (κ2) is 14.3. The number of para-hydroxylation sites is 2. The number of carbonyl (C=O) groups is 4. The predicted molar refractivity (Wildman–Crippen MR) is 181 cm³/mol. The molecular formula is C38H45N3O5. The maximum Gasteiger partial charge on any atom is 0.305 e. The smallest absolute Gasteiger partial charge is 0.305 e. The van der Waals surface area contributed by atoms with E-state index in [0.717, 1.165) is 48.2 Å². The van der Waals surface area contributed by atoms with Crippen molar-refractivity contribution in [2.75, 3.05) is 35.3 Å². The van der Waals surface area contributed by atoms with Gasteiger partial charge >= 0.3 is 5.97 Å². The summed E-state index contributed by atoms with van der Waals surface area (Å²) < 4.78 is 4.79. The van der Waals surface area contributed by atoms with Gasteiger partial charge in [-0.05, 0) is 84.4 Å². The molecule has 0 saturated carbocycles. The van der Waals surface area contributed by atoms with Crippen molar-refractivity contribution in [3.05, 3.63) is 89.5 Å². The number of aryl methyl sites for hydroxylation is 2. The van der Waals surface area contributed by atoms with Crippen LogP contribution in [0.2, 0.25) is 0 Å². The average molecular weight is 624 g/mol. The second-order valence-electron chi connectivity index (χ2n) is 13.5. The fraction of sp³-hybridized carbons (Fsp3) is 0.421. The number of rotatable bonds is 10. The maximum atomic E-state index is 14.4. The number of ether oxygens (including phenoxy) is 1. The third-order valence-corrected chi connectivity index (χ3v) is 9.06. The Morgan fingerprint density at radius 2 is 1.33 bits per heavy atom. The van der Waals surface area contributed by atoms with Crippen LogP contribution in [0.5, 0.6) is 0 Å². The topological polar surface area (TPSA) is 96.0 Å². The van der Waals surface area contributed by atoms with Gasteiger partial charge < -0.3 is 19.9 Å². The van der Waals surface area contributed by atoms with Gasteiger partial charge in [-0.2, -0.15) is 0 Å². The number of fused-ring (bicyclic) bond motifs is 2. The van der Waals surface area contributed by atoms with E-state index < -0.39 is 5.92 Å². The number of hydrogen-bond acceptors (Lipinski definition) is 5. The van der Waals surface area contributed by atoms with E-state index in [0.29, 0.717) is 37.2 Å². The highest BCUT2D eigenvalue weighted by Gasteiger charge is 2.38. The van der Waals surface area contributed by atoms with Crippen molar-refractivity contribution in [3.8, 4) is 0 Å². The van der Waals surface area contributed by atoms with E-state index in [1.165, 1.54) is 7.11 Å². The van der Waals surface area contributed by atoms with Gasteiger partial charge in [-0.3, -0.25) is 19.2 Å². The first-order valence-corrected chi connectivity index (χ1v) is 16.3. The molecule has 46 heavy (non-hydrogen) atoms. The fourth-order valence-corrected chi connectivity index (χ4v) is 7.08. The zero-order chi connectivity index (χ0) is 32.8. The van der Waals surface area contributed by atoms with Gasteiger partial charge in [0.25, 0.3) is 0 Å². The number of hydrogen-bond donors (Lipinski definition) is 1. The van der Waals surface area contributed by atoms with Crippen molar-refractivity contribution in [1.29, 1.82) is 0 Å². The summed E-state index contributed by atoms with van der Waals surface area (Å²) in [5, 5.41) is 2.98. The normalized spacial score (nSPS) is 15.1. The molecule has 0 spiro atoms. The summed E-state index contributed by atoms with van der Waals surface area (Å²) in [7, 11) is 1.38. The van der Waals surface area contributed by atoms with Crippen molar-refractivity contribution >= 4 is 40.8 Å². The van der Waals surface area contributed by atoms with Crippen LogP contribution in [0.3, 0.4) is 0 Å². The molecule has 0 aromatic heterocycles. The summed E-state index contributed by atoms with van der Waals surface area (Å²) in [5.74, 6) is -1.81. The molecular weight excluding hydrogens is 578 g/mol. The highest BCUT2D eigenvalue weighted by molar-refractivity contribution is 6.17. The lowest BCUT2D eigenvalue weighted by atomic mass is 9.79. The SMILES string of the molecule is COC(=O)CC(C)CC(C)(C)CC(=O)Nc1ccc(C(C(=O)N2CCCc3ccccc32)C(=O)N2CCCc3ccccc32)cc1. The lowest BCUT2D eigenvalue weighted by Crippen LogP contribution is -2.47. The van der Waals surface area contributed by atoms with Crippen molar-refractivity contribution in [2.45, 2.75) is 71.6 Å². The number of benzene rings is 3. The first-order valence-electron chi connectivity index (χ1n) is 16.3. The van der Waals surface area contributed by atoms with E-state index in [9.17, 15) is 19.2 Å². The standard InChI is InChI=1S/C38H45N3O5/c1-26(23-34(43)46-4)24-38(2,3)25-33(42)39-30-19-17-29(18-20-30)35(36(44)40-21-9-13-27-11-5-7-15-31(27)40)37(45)41-22-10-14-28-12-6-8-16-32(28)41/h5-8,11-12,15-20,26,35H,9-10,13-14,21-25H2,1-4H3,(H,39,42). The molecule has 2 heterocycles. The molecule has 0 aliphatic carbocycles. The molecule has 0 radical (unpaired) electrons. The Hall–Kier alpha value is -4.46. The summed E-state index contributed by atoms with van der Waals surface area (Å²) in [6, 6.07) is 22.9. The van der Waals surface area contributed by atoms with Crippen LogP contribution in [0.15, 0.2) is 72.8 Å². The highest BCUT2D eigenvalue weighted by atomic mass is 16.5. The van der Waals surface area contributed by atoms with Crippen LogP contribution in [0.1, 0.15) is 75.5 Å². The Morgan fingerprint density at radius 1 is 0.804 bits per heavy atom. The van der Waals surface area contributed by atoms with Crippen LogP contribution in [0.4, 0.5) is 17.1 Å². The number of nitrogens with one attached hydrogen (secondary N) is 1. The molecule has 3 aromatic rings. The molecule has 1 atom stereocenters. The third-order valence-electron chi connectivity index (χ3n) is 9.06. The van der Waals surface area contributed by atoms with Crippen LogP contribution in [0.25, 0.3) is 0 Å². The van der Waals surface area contributed by atoms with Crippen molar-refractivity contribution in [1.82, 2.24) is 0 Å². The summed E-state index contributed by atoms with van der Waals surface area (Å²) in [4.78, 5) is 57.1. The van der Waals surface area contributed by atoms with Gasteiger partial charge in [0.1, 0.15) is 5.92 Å². The molecule has 0 saturated heterocycles. The second-order valence-corrected chi connectivity index (χ2v) is 13.5. The number of carbonyl (C=O) groups excluding carboxylic acids is 4. The minimum Gasteiger partial charge on any atom is -0.469 e. The number of nitrogens with zero attached hydrogens (tertiary/aromatic N) is 2. The molecule has 3 aromatic carbocycles. The van der Waals surface area contributed by atoms with Gasteiger partial charge in [0.15, 0.2) is 0 Å². The molecule has 8 heteroatoms. The number of esters is 1. The quantitative estimate of drug-likeness (QED) is 0.201. The summed E-state index contributed by atoms with van der Waals surface area (Å²) >= 11 is 0. The van der Waals surface area contributed by atoms with Gasteiger partial charge in [-0.25, -0.2) is 0 Å². The van der Waals surface area contributed by atoms with Crippen LogP contribution >= 0.6 is 0 Å². The number of methoxy groups -OCH3 is 1. The average Bonchev–Trinajstić information content (AvgIpc) is 3.04. The highest BCUT2D eigenvalue weighted by Crippen LogP contribution is 2.35. The summed E-state index contributed by atoms with van der Waals surface area (Å²) in [6.07, 6.45) is 4.74. The van der Waals surface area contributed by atoms with E-state index >= 15 is 0 Å². The Morgan fingerprint density at radius 3 is 1.85 bits per heavy atom. The molecule has 2 aliphatic heterocycles. The maximum absolute atomic E-state index is 14.4. The zero-order valence-corrected chi connectivity index (χ0v) is 27.4. The molecule has 1 unspecified atom stereocenters. The molecule has 0 fully saturated rings. The van der Waals surface area contributed by atoms with Crippen LogP contribution in [-0.2, 0) is 36.8 Å². The van der Waals surface area contributed by atoms with Crippen LogP contribution in [-0.4, -0.2) is 43.9 Å². The van der Waals surface area contributed by atoms with Gasteiger partial charge in [0, 0.05) is 43.0 Å². The van der Waals surface area contributed by atoms with Crippen LogP contribution < -0.4 is 15.1 Å². The number of anilines is 3. The summed E-state index contributed by atoms with van der Waals surface area (Å²) in [5.41, 5.74) is 4.81. The Kier molecular flexibility index (Phi) is 10.2. The van der Waals surface area contributed by atoms with E-state index in [1.807, 2.05) is 69.3 Å². The van der Waals surface area contributed by atoms with E-state index in [4.69, 9.17) is 4.74 Å². The zero-order valence-electron chi connectivity index (χ0n) is 27.4. The van der Waals surface area contributed by atoms with Crippen molar-refractivity contribution in [3.63, 3.8) is 0 Å². The van der Waals surface area contributed by atoms with Crippen LogP contribution in [0, 0.1) is 11.3 Å². The van der Waals surface area contributed by atoms with E-state index in [1.54, 1.807) is 34.1 Å². The van der Waals surface area contributed by atoms with Gasteiger partial charge in [-0.1, -0.05) is 69.3 Å². The third kappa shape index (κ3) is 7.66. The first-order chi connectivity index (χ1) is 22.1. The minimum absolute atomic E-state index is 0.0836. The molecule has 8 nitrogen and oxygen atoms in total. The predicted octanol–water partition coefficient (Wildman–Crippen LogP) is 6.67. The summed E-state index contributed by atoms with van der Waals surface area (Å²) in [6.45, 7) is 7.13. The van der Waals surface area contributed by atoms with E-state index in [2.05, 4.69) is 5.32 Å². The van der Waals surface area contributed by atoms with Gasteiger partial charge in [0.2, 0.25) is 17.7 Å². The van der Waals surface area contributed by atoms with Gasteiger partial charge in [-0.15, -0.1) is 0 Å². The number of amides is 3. The Bertz CT molecular complexity index is 1510. The van der Waals surface area contributed by atoms with Crippen molar-refractivity contribution in [2.24, 2.45) is 11.3 Å².